The van der Waals surface area contributed by atoms with Crippen molar-refractivity contribution in [2.24, 2.45) is 0 Å². The first kappa shape index (κ1) is 18.0. The molecule has 1 aromatic heterocycles. The number of benzene rings is 2. The van der Waals surface area contributed by atoms with Gasteiger partial charge in [0.25, 0.3) is 11.8 Å². The predicted molar refractivity (Wildman–Crippen MR) is 106 cm³/mol. The maximum absolute atomic E-state index is 12.8. The second kappa shape index (κ2) is 7.68. The number of nitrogens with one attached hydrogen (secondary N) is 1. The van der Waals surface area contributed by atoms with Crippen LogP contribution in [0.5, 0.6) is 0 Å². The highest BCUT2D eigenvalue weighted by molar-refractivity contribution is 5.98. The number of rotatable bonds is 5. The summed E-state index contributed by atoms with van der Waals surface area (Å²) in [4.78, 5) is 27.2. The normalized spacial score (nSPS) is 14.5. The Hall–Kier alpha value is -3.41. The molecule has 0 saturated carbocycles. The van der Waals surface area contributed by atoms with E-state index >= 15 is 0 Å². The number of fused-ring (bicyclic) bond motifs is 1. The van der Waals surface area contributed by atoms with E-state index in [0.29, 0.717) is 25.3 Å². The quantitative estimate of drug-likeness (QED) is 0.746. The number of hydrogen-bond acceptors (Lipinski definition) is 3. The smallest absolute Gasteiger partial charge is 0.272 e. The maximum atomic E-state index is 12.8. The van der Waals surface area contributed by atoms with E-state index in [1.807, 2.05) is 67.6 Å². The van der Waals surface area contributed by atoms with Crippen LogP contribution >= 0.6 is 0 Å². The molecule has 1 atom stereocenters. The molecule has 6 heteroatoms. The van der Waals surface area contributed by atoms with Crippen molar-refractivity contribution in [1.29, 1.82) is 0 Å². The summed E-state index contributed by atoms with van der Waals surface area (Å²) in [6, 6.07) is 21.1. The van der Waals surface area contributed by atoms with Gasteiger partial charge in [0.15, 0.2) is 5.69 Å². The van der Waals surface area contributed by atoms with E-state index in [0.717, 1.165) is 11.1 Å². The van der Waals surface area contributed by atoms with Gasteiger partial charge in [0.05, 0.1) is 12.6 Å². The SMILES string of the molecule is C[C@H](NC(=O)c1cc2n(n1)CCN(Cc1ccccc1)C2=O)c1ccccc1. The van der Waals surface area contributed by atoms with Gasteiger partial charge in [0.2, 0.25) is 0 Å². The van der Waals surface area contributed by atoms with Crippen molar-refractivity contribution in [3.05, 3.63) is 89.2 Å². The van der Waals surface area contributed by atoms with Crippen molar-refractivity contribution in [2.45, 2.75) is 26.1 Å². The zero-order valence-electron chi connectivity index (χ0n) is 15.7. The zero-order chi connectivity index (χ0) is 19.5. The molecule has 1 aliphatic rings. The molecule has 0 spiro atoms. The first-order chi connectivity index (χ1) is 13.6. The van der Waals surface area contributed by atoms with Crippen LogP contribution in [0, 0.1) is 0 Å². The third-order valence-corrected chi connectivity index (χ3v) is 4.96. The van der Waals surface area contributed by atoms with E-state index in [1.54, 1.807) is 15.6 Å². The van der Waals surface area contributed by atoms with Crippen molar-refractivity contribution < 1.29 is 9.59 Å². The van der Waals surface area contributed by atoms with E-state index in [-0.39, 0.29) is 23.6 Å². The number of aromatic nitrogens is 2. The molecular weight excluding hydrogens is 352 g/mol. The lowest BCUT2D eigenvalue weighted by molar-refractivity contribution is 0.0683. The highest BCUT2D eigenvalue weighted by atomic mass is 16.2. The Balaban J connectivity index is 1.47. The van der Waals surface area contributed by atoms with E-state index in [9.17, 15) is 9.59 Å². The van der Waals surface area contributed by atoms with Crippen molar-refractivity contribution in [1.82, 2.24) is 20.0 Å². The van der Waals surface area contributed by atoms with Gasteiger partial charge in [-0.25, -0.2) is 0 Å². The summed E-state index contributed by atoms with van der Waals surface area (Å²) in [5.74, 6) is -0.376. The molecule has 0 saturated heterocycles. The minimum Gasteiger partial charge on any atom is -0.344 e. The van der Waals surface area contributed by atoms with E-state index < -0.39 is 0 Å². The van der Waals surface area contributed by atoms with Gasteiger partial charge in [0.1, 0.15) is 5.69 Å². The molecular formula is C22H22N4O2. The molecule has 0 unspecified atom stereocenters. The van der Waals surface area contributed by atoms with E-state index in [4.69, 9.17) is 0 Å². The van der Waals surface area contributed by atoms with Gasteiger partial charge in [-0.1, -0.05) is 60.7 Å². The van der Waals surface area contributed by atoms with Gasteiger partial charge in [-0.15, -0.1) is 0 Å². The summed E-state index contributed by atoms with van der Waals surface area (Å²) in [5, 5.41) is 7.29. The lowest BCUT2D eigenvalue weighted by Crippen LogP contribution is -2.39. The van der Waals surface area contributed by atoms with Crippen LogP contribution in [0.4, 0.5) is 0 Å². The minimum atomic E-state index is -0.277. The standard InChI is InChI=1S/C22H22N4O2/c1-16(18-10-6-3-7-11-18)23-21(27)19-14-20-22(28)25(12-13-26(20)24-19)15-17-8-4-2-5-9-17/h2-11,14,16H,12-13,15H2,1H3,(H,23,27)/t16-/m0/s1. The third-order valence-electron chi connectivity index (χ3n) is 4.96. The fraction of sp³-hybridized carbons (Fsp3) is 0.227. The zero-order valence-corrected chi connectivity index (χ0v) is 15.7. The summed E-state index contributed by atoms with van der Waals surface area (Å²) in [7, 11) is 0. The van der Waals surface area contributed by atoms with Crippen LogP contribution < -0.4 is 5.32 Å². The summed E-state index contributed by atoms with van der Waals surface area (Å²) in [6.45, 7) is 3.63. The van der Waals surface area contributed by atoms with Crippen molar-refractivity contribution >= 4 is 11.8 Å². The van der Waals surface area contributed by atoms with Crippen LogP contribution in [0.25, 0.3) is 0 Å². The van der Waals surface area contributed by atoms with Crippen LogP contribution in [0.1, 0.15) is 45.1 Å². The Labute approximate surface area is 163 Å². The minimum absolute atomic E-state index is 0.0993. The predicted octanol–water partition coefficient (Wildman–Crippen LogP) is 3.03. The van der Waals surface area contributed by atoms with Gasteiger partial charge in [0, 0.05) is 19.2 Å². The molecule has 4 rings (SSSR count). The first-order valence-electron chi connectivity index (χ1n) is 9.38. The Morgan fingerprint density at radius 3 is 2.46 bits per heavy atom. The van der Waals surface area contributed by atoms with Crippen molar-refractivity contribution in [2.75, 3.05) is 6.54 Å². The first-order valence-corrected chi connectivity index (χ1v) is 9.38. The van der Waals surface area contributed by atoms with Gasteiger partial charge >= 0.3 is 0 Å². The average Bonchev–Trinajstić information content (AvgIpc) is 3.17. The topological polar surface area (TPSA) is 67.2 Å². The molecule has 2 heterocycles. The molecule has 3 aromatic rings. The highest BCUT2D eigenvalue weighted by Gasteiger charge is 2.28. The second-order valence-corrected chi connectivity index (χ2v) is 6.96. The summed E-state index contributed by atoms with van der Waals surface area (Å²) in [5.41, 5.74) is 2.83. The van der Waals surface area contributed by atoms with Gasteiger partial charge in [-0.2, -0.15) is 5.10 Å². The Morgan fingerprint density at radius 1 is 1.07 bits per heavy atom. The lowest BCUT2D eigenvalue weighted by atomic mass is 10.1. The average molecular weight is 374 g/mol. The maximum Gasteiger partial charge on any atom is 0.272 e. The Morgan fingerprint density at radius 2 is 1.75 bits per heavy atom. The molecule has 1 aliphatic heterocycles. The van der Waals surface area contributed by atoms with Crippen molar-refractivity contribution in [3.63, 3.8) is 0 Å². The molecule has 142 valence electrons. The van der Waals surface area contributed by atoms with Crippen LogP contribution in [0.2, 0.25) is 0 Å². The molecule has 28 heavy (non-hydrogen) atoms. The lowest BCUT2D eigenvalue weighted by Gasteiger charge is -2.27. The fourth-order valence-corrected chi connectivity index (χ4v) is 3.40. The molecule has 0 radical (unpaired) electrons. The van der Waals surface area contributed by atoms with Crippen LogP contribution in [0.15, 0.2) is 66.7 Å². The molecule has 6 nitrogen and oxygen atoms in total. The van der Waals surface area contributed by atoms with Gasteiger partial charge in [-0.3, -0.25) is 14.3 Å². The fourth-order valence-electron chi connectivity index (χ4n) is 3.40. The van der Waals surface area contributed by atoms with Gasteiger partial charge < -0.3 is 10.2 Å². The Bertz CT molecular complexity index is 982. The summed E-state index contributed by atoms with van der Waals surface area (Å²) in [6.07, 6.45) is 0. The van der Waals surface area contributed by atoms with E-state index in [1.165, 1.54) is 0 Å². The summed E-state index contributed by atoms with van der Waals surface area (Å²) >= 11 is 0. The number of hydrogen-bond donors (Lipinski definition) is 1. The number of nitrogens with zero attached hydrogens (tertiary/aromatic N) is 3. The largest absolute Gasteiger partial charge is 0.344 e. The van der Waals surface area contributed by atoms with Crippen LogP contribution in [0.3, 0.4) is 0 Å². The number of carbonyl (C=O) groups is 2. The number of carbonyl (C=O) groups excluding carboxylic acids is 2. The van der Waals surface area contributed by atoms with E-state index in [2.05, 4.69) is 10.4 Å². The highest BCUT2D eigenvalue weighted by Crippen LogP contribution is 2.18. The molecule has 1 N–H and O–H groups in total. The summed E-state index contributed by atoms with van der Waals surface area (Å²) < 4.78 is 1.63. The molecule has 0 fully saturated rings. The molecule has 0 aliphatic carbocycles. The second-order valence-electron chi connectivity index (χ2n) is 6.96. The van der Waals surface area contributed by atoms with Gasteiger partial charge in [-0.05, 0) is 18.1 Å². The third kappa shape index (κ3) is 3.67. The Kier molecular flexibility index (Phi) is 4.93. The molecule has 2 amide bonds. The van der Waals surface area contributed by atoms with Crippen LogP contribution in [-0.2, 0) is 13.1 Å². The molecule has 0 bridgehead atoms. The number of amides is 2. The monoisotopic (exact) mass is 374 g/mol. The van der Waals surface area contributed by atoms with Crippen LogP contribution in [-0.4, -0.2) is 33.0 Å². The molecule has 2 aromatic carbocycles. The van der Waals surface area contributed by atoms with Crippen molar-refractivity contribution in [3.8, 4) is 0 Å².